The van der Waals surface area contributed by atoms with E-state index >= 15 is 0 Å². The maximum Gasteiger partial charge on any atom is 0.433 e. The zero-order valence-electron chi connectivity index (χ0n) is 13.7. The van der Waals surface area contributed by atoms with Crippen molar-refractivity contribution in [3.63, 3.8) is 0 Å². The Balaban J connectivity index is 2.18. The van der Waals surface area contributed by atoms with Gasteiger partial charge in [-0.2, -0.15) is 0 Å². The van der Waals surface area contributed by atoms with Crippen LogP contribution in [0.25, 0.3) is 0 Å². The monoisotopic (exact) mass is 368 g/mol. The summed E-state index contributed by atoms with van der Waals surface area (Å²) in [6.45, 7) is 3.68. The molecule has 6 heteroatoms. The van der Waals surface area contributed by atoms with Gasteiger partial charge in [-0.25, -0.2) is 4.57 Å². The van der Waals surface area contributed by atoms with Crippen molar-refractivity contribution in [1.29, 1.82) is 0 Å². The molecule has 23 heavy (non-hydrogen) atoms. The topological polar surface area (TPSA) is 35.5 Å². The summed E-state index contributed by atoms with van der Waals surface area (Å²) >= 11 is 3.30. The molecule has 0 saturated heterocycles. The van der Waals surface area contributed by atoms with Crippen molar-refractivity contribution in [2.75, 3.05) is 12.5 Å². The van der Waals surface area contributed by atoms with Crippen LogP contribution in [0.2, 0.25) is 0 Å². The van der Waals surface area contributed by atoms with Crippen molar-refractivity contribution in [1.82, 2.24) is 0 Å². The molecule has 0 aliphatic carbocycles. The van der Waals surface area contributed by atoms with Gasteiger partial charge >= 0.3 is 7.60 Å². The molecule has 0 amide bonds. The fourth-order valence-electron chi connectivity index (χ4n) is 1.80. The van der Waals surface area contributed by atoms with E-state index in [0.29, 0.717) is 11.5 Å². The van der Waals surface area contributed by atoms with Crippen LogP contribution in [-0.2, 0) is 4.57 Å². The van der Waals surface area contributed by atoms with E-state index in [2.05, 4.69) is 0 Å². The molecule has 0 aliphatic rings. The van der Waals surface area contributed by atoms with Gasteiger partial charge < -0.3 is 9.05 Å². The normalized spacial score (nSPS) is 11.5. The van der Waals surface area contributed by atoms with E-state index in [1.165, 1.54) is 0 Å². The van der Waals surface area contributed by atoms with E-state index < -0.39 is 7.60 Å². The van der Waals surface area contributed by atoms with Gasteiger partial charge in [-0.1, -0.05) is 0 Å². The van der Waals surface area contributed by atoms with Crippen LogP contribution in [0, 0.1) is 0 Å². The second-order valence-electron chi connectivity index (χ2n) is 5.17. The van der Waals surface area contributed by atoms with Crippen LogP contribution in [-0.4, -0.2) is 18.2 Å². The zero-order valence-corrected chi connectivity index (χ0v) is 16.2. The Kier molecular flexibility index (Phi) is 6.51. The summed E-state index contributed by atoms with van der Waals surface area (Å²) in [6.07, 6.45) is 4.02. The highest BCUT2D eigenvalue weighted by molar-refractivity contribution is 7.98. The maximum atomic E-state index is 13.1. The molecule has 0 unspecified atom stereocenters. The molecule has 124 valence electrons. The van der Waals surface area contributed by atoms with Gasteiger partial charge in [-0.3, -0.25) is 0 Å². The van der Waals surface area contributed by atoms with Crippen LogP contribution in [0.5, 0.6) is 11.5 Å². The molecule has 0 spiro atoms. The molecule has 0 atom stereocenters. The van der Waals surface area contributed by atoms with Crippen molar-refractivity contribution in [2.24, 2.45) is 0 Å². The predicted octanol–water partition coefficient (Wildman–Crippen LogP) is 6.19. The Morgan fingerprint density at radius 2 is 1.13 bits per heavy atom. The molecule has 0 fully saturated rings. The smallest absolute Gasteiger partial charge is 0.416 e. The Morgan fingerprint density at radius 3 is 1.39 bits per heavy atom. The second-order valence-corrected chi connectivity index (χ2v) is 9.40. The lowest BCUT2D eigenvalue weighted by molar-refractivity contribution is 0.376. The number of thioether (sulfide) groups is 2. The van der Waals surface area contributed by atoms with E-state index in [1.807, 2.05) is 74.9 Å². The highest BCUT2D eigenvalue weighted by atomic mass is 32.2. The highest BCUT2D eigenvalue weighted by Gasteiger charge is 2.32. The van der Waals surface area contributed by atoms with Crippen LogP contribution >= 0.6 is 31.1 Å². The van der Waals surface area contributed by atoms with E-state index in [1.54, 1.807) is 23.5 Å². The summed E-state index contributed by atoms with van der Waals surface area (Å²) in [7, 11) is -3.30. The van der Waals surface area contributed by atoms with Crippen molar-refractivity contribution in [2.45, 2.75) is 29.3 Å². The van der Waals surface area contributed by atoms with Crippen LogP contribution in [0.4, 0.5) is 0 Å². The molecule has 0 radical (unpaired) electrons. The Labute approximate surface area is 146 Å². The van der Waals surface area contributed by atoms with Crippen LogP contribution in [0.15, 0.2) is 58.3 Å². The molecule has 0 N–H and O–H groups in total. The molecule has 0 bridgehead atoms. The van der Waals surface area contributed by atoms with Gasteiger partial charge in [0.1, 0.15) is 11.5 Å². The van der Waals surface area contributed by atoms with Gasteiger partial charge in [0, 0.05) is 9.79 Å². The van der Waals surface area contributed by atoms with Crippen LogP contribution < -0.4 is 9.05 Å². The quantitative estimate of drug-likeness (QED) is 0.430. The lowest BCUT2D eigenvalue weighted by Crippen LogP contribution is -2.10. The summed E-state index contributed by atoms with van der Waals surface area (Å²) < 4.78 is 24.6. The highest BCUT2D eigenvalue weighted by Crippen LogP contribution is 2.52. The minimum absolute atomic E-state index is 0.247. The summed E-state index contributed by atoms with van der Waals surface area (Å²) in [6, 6.07) is 15.1. The third-order valence-corrected chi connectivity index (χ3v) is 6.90. The molecule has 2 aromatic carbocycles. The largest absolute Gasteiger partial charge is 0.433 e. The Hall–Kier alpha value is -1.03. The second kappa shape index (κ2) is 8.18. The van der Waals surface area contributed by atoms with Gasteiger partial charge in [0.2, 0.25) is 0 Å². The first-order chi connectivity index (χ1) is 11.0. The van der Waals surface area contributed by atoms with E-state index in [0.717, 1.165) is 9.79 Å². The summed E-state index contributed by atoms with van der Waals surface area (Å²) in [5.41, 5.74) is -0.247. The van der Waals surface area contributed by atoms with E-state index in [-0.39, 0.29) is 5.66 Å². The third-order valence-electron chi connectivity index (χ3n) is 3.22. The Morgan fingerprint density at radius 1 is 0.783 bits per heavy atom. The standard InChI is InChI=1S/C17H21O3PS2/c1-13(2)21(18,19-14-5-9-16(22-3)10-6-14)20-15-7-11-17(23-4)12-8-15/h5-13H,1-4H3. The Bertz CT molecular complexity index is 616. The van der Waals surface area contributed by atoms with Gasteiger partial charge in [-0.05, 0) is 74.9 Å². The molecule has 2 rings (SSSR count). The summed E-state index contributed by atoms with van der Waals surface area (Å²) in [4.78, 5) is 2.26. The lowest BCUT2D eigenvalue weighted by atomic mass is 10.3. The molecule has 0 aromatic heterocycles. The molecule has 2 aromatic rings. The van der Waals surface area contributed by atoms with E-state index in [9.17, 15) is 4.57 Å². The lowest BCUT2D eigenvalue weighted by Gasteiger charge is -2.23. The molecule has 0 saturated carbocycles. The SMILES string of the molecule is CSc1ccc(OP(=O)(Oc2ccc(SC)cc2)C(C)C)cc1. The van der Waals surface area contributed by atoms with Crippen LogP contribution in [0.3, 0.4) is 0 Å². The fourth-order valence-corrected chi connectivity index (χ4v) is 3.90. The van der Waals surface area contributed by atoms with Crippen molar-refractivity contribution in [3.8, 4) is 11.5 Å². The number of hydrogen-bond donors (Lipinski definition) is 0. The average molecular weight is 368 g/mol. The van der Waals surface area contributed by atoms with E-state index in [4.69, 9.17) is 9.05 Å². The average Bonchev–Trinajstić information content (AvgIpc) is 2.56. The van der Waals surface area contributed by atoms with Crippen molar-refractivity contribution >= 4 is 31.1 Å². The summed E-state index contributed by atoms with van der Waals surface area (Å²) in [5, 5.41) is 0. The number of hydrogen-bond acceptors (Lipinski definition) is 5. The third kappa shape index (κ3) is 4.97. The molecular formula is C17H21O3PS2. The van der Waals surface area contributed by atoms with Gasteiger partial charge in [0.05, 0.1) is 5.66 Å². The van der Waals surface area contributed by atoms with Crippen molar-refractivity contribution < 1.29 is 13.6 Å². The minimum atomic E-state index is -3.30. The van der Waals surface area contributed by atoms with Gasteiger partial charge in [0.15, 0.2) is 0 Å². The molecule has 0 aliphatic heterocycles. The molecule has 3 nitrogen and oxygen atoms in total. The molecule has 0 heterocycles. The first-order valence-electron chi connectivity index (χ1n) is 7.24. The zero-order chi connectivity index (χ0) is 16.9. The number of rotatable bonds is 7. The summed E-state index contributed by atoms with van der Waals surface area (Å²) in [5.74, 6) is 1.11. The molecular weight excluding hydrogens is 347 g/mol. The fraction of sp³-hybridized carbons (Fsp3) is 0.294. The van der Waals surface area contributed by atoms with Gasteiger partial charge in [-0.15, -0.1) is 23.5 Å². The van der Waals surface area contributed by atoms with Crippen molar-refractivity contribution in [3.05, 3.63) is 48.5 Å². The first kappa shape index (κ1) is 18.3. The predicted molar refractivity (Wildman–Crippen MR) is 100 cm³/mol. The number of benzene rings is 2. The van der Waals surface area contributed by atoms with Gasteiger partial charge in [0.25, 0.3) is 0 Å². The maximum absolute atomic E-state index is 13.1. The minimum Gasteiger partial charge on any atom is -0.416 e. The van der Waals surface area contributed by atoms with Crippen LogP contribution in [0.1, 0.15) is 13.8 Å². The first-order valence-corrected chi connectivity index (χ1v) is 11.3.